The van der Waals surface area contributed by atoms with Crippen molar-refractivity contribution < 1.29 is 4.74 Å². The van der Waals surface area contributed by atoms with Crippen molar-refractivity contribution in [2.75, 3.05) is 7.11 Å². The van der Waals surface area contributed by atoms with E-state index in [0.29, 0.717) is 5.92 Å². The normalized spacial score (nSPS) is 31.1. The summed E-state index contributed by atoms with van der Waals surface area (Å²) >= 11 is 0. The first-order valence-corrected chi connectivity index (χ1v) is 6.63. The fraction of sp³-hybridized carbons (Fsp3) is 0.667. The Morgan fingerprint density at radius 2 is 2.06 bits per heavy atom. The molecule has 0 saturated heterocycles. The highest BCUT2D eigenvalue weighted by molar-refractivity contribution is 5.30. The number of aromatic nitrogens is 1. The number of nitrogens with two attached hydrogens (primary N) is 1. The molecule has 3 nitrogen and oxygen atoms in total. The number of hydrogen-bond donors (Lipinski definition) is 1. The van der Waals surface area contributed by atoms with Gasteiger partial charge in [0, 0.05) is 11.7 Å². The molecule has 1 aromatic rings. The molecule has 2 atom stereocenters. The standard InChI is InChI=1S/C15H24N2O/c1-11-6-14(2,3)10-15(16,7-11)12-5-13(18-4)9-17-8-12/h5,8-9,11H,6-7,10,16H2,1-4H3. The first kappa shape index (κ1) is 13.3. The summed E-state index contributed by atoms with van der Waals surface area (Å²) in [4.78, 5) is 4.24. The Morgan fingerprint density at radius 1 is 1.33 bits per heavy atom. The van der Waals surface area contributed by atoms with Crippen LogP contribution in [0.1, 0.15) is 45.6 Å². The van der Waals surface area contributed by atoms with Crippen LogP contribution in [0.3, 0.4) is 0 Å². The molecule has 100 valence electrons. The molecule has 0 spiro atoms. The number of ether oxygens (including phenoxy) is 1. The zero-order valence-electron chi connectivity index (χ0n) is 11.9. The highest BCUT2D eigenvalue weighted by Gasteiger charge is 2.41. The average Bonchev–Trinajstić information content (AvgIpc) is 2.26. The van der Waals surface area contributed by atoms with Gasteiger partial charge < -0.3 is 10.5 Å². The maximum Gasteiger partial charge on any atom is 0.137 e. The third-order valence-electron chi connectivity index (χ3n) is 3.93. The smallest absolute Gasteiger partial charge is 0.137 e. The summed E-state index contributed by atoms with van der Waals surface area (Å²) in [5.41, 5.74) is 7.79. The first-order chi connectivity index (χ1) is 8.35. The van der Waals surface area contributed by atoms with E-state index >= 15 is 0 Å². The predicted molar refractivity (Wildman–Crippen MR) is 73.5 cm³/mol. The van der Waals surface area contributed by atoms with E-state index in [-0.39, 0.29) is 11.0 Å². The molecule has 3 heteroatoms. The van der Waals surface area contributed by atoms with Gasteiger partial charge in [-0.2, -0.15) is 0 Å². The predicted octanol–water partition coefficient (Wildman–Crippen LogP) is 3.09. The third-order valence-corrected chi connectivity index (χ3v) is 3.93. The van der Waals surface area contributed by atoms with Gasteiger partial charge in [-0.05, 0) is 42.2 Å². The van der Waals surface area contributed by atoms with E-state index in [0.717, 1.165) is 24.2 Å². The van der Waals surface area contributed by atoms with Crippen LogP contribution in [0.4, 0.5) is 0 Å². The zero-order valence-corrected chi connectivity index (χ0v) is 11.9. The van der Waals surface area contributed by atoms with Crippen molar-refractivity contribution in [3.8, 4) is 5.75 Å². The van der Waals surface area contributed by atoms with Crippen molar-refractivity contribution in [2.24, 2.45) is 17.1 Å². The van der Waals surface area contributed by atoms with Crippen molar-refractivity contribution in [1.29, 1.82) is 0 Å². The zero-order chi connectivity index (χ0) is 13.4. The molecule has 1 aliphatic carbocycles. The monoisotopic (exact) mass is 248 g/mol. The molecule has 2 unspecified atom stereocenters. The first-order valence-electron chi connectivity index (χ1n) is 6.63. The van der Waals surface area contributed by atoms with E-state index in [9.17, 15) is 0 Å². The van der Waals surface area contributed by atoms with Crippen LogP contribution in [0.25, 0.3) is 0 Å². The van der Waals surface area contributed by atoms with Crippen LogP contribution in [-0.2, 0) is 5.54 Å². The molecule has 1 heterocycles. The molecule has 2 N–H and O–H groups in total. The van der Waals surface area contributed by atoms with Gasteiger partial charge in [-0.3, -0.25) is 4.98 Å². The van der Waals surface area contributed by atoms with Crippen LogP contribution in [0.15, 0.2) is 18.5 Å². The molecule has 18 heavy (non-hydrogen) atoms. The lowest BCUT2D eigenvalue weighted by molar-refractivity contribution is 0.107. The highest BCUT2D eigenvalue weighted by Crippen LogP contribution is 2.47. The van der Waals surface area contributed by atoms with Gasteiger partial charge in [0.25, 0.3) is 0 Å². The van der Waals surface area contributed by atoms with Gasteiger partial charge in [-0.1, -0.05) is 20.8 Å². The van der Waals surface area contributed by atoms with Gasteiger partial charge in [0.1, 0.15) is 5.75 Å². The maximum atomic E-state index is 6.67. The lowest BCUT2D eigenvalue weighted by Crippen LogP contribution is -2.46. The lowest BCUT2D eigenvalue weighted by Gasteiger charge is -2.45. The molecule has 1 saturated carbocycles. The second-order valence-corrected chi connectivity index (χ2v) is 6.62. The summed E-state index contributed by atoms with van der Waals surface area (Å²) in [6.07, 6.45) is 6.87. The summed E-state index contributed by atoms with van der Waals surface area (Å²) < 4.78 is 5.25. The van der Waals surface area contributed by atoms with Crippen molar-refractivity contribution in [3.63, 3.8) is 0 Å². The quantitative estimate of drug-likeness (QED) is 0.875. The van der Waals surface area contributed by atoms with E-state index in [1.807, 2.05) is 12.3 Å². The van der Waals surface area contributed by atoms with Gasteiger partial charge >= 0.3 is 0 Å². The van der Waals surface area contributed by atoms with Crippen molar-refractivity contribution in [2.45, 2.75) is 45.6 Å². The SMILES string of the molecule is COc1cncc(C2(N)CC(C)CC(C)(C)C2)c1. The Balaban J connectivity index is 2.34. The maximum absolute atomic E-state index is 6.67. The summed E-state index contributed by atoms with van der Waals surface area (Å²) in [6.45, 7) is 6.89. The summed E-state index contributed by atoms with van der Waals surface area (Å²) in [6, 6.07) is 2.03. The fourth-order valence-corrected chi connectivity index (χ4v) is 3.66. The van der Waals surface area contributed by atoms with E-state index in [1.165, 1.54) is 6.42 Å². The van der Waals surface area contributed by atoms with Crippen molar-refractivity contribution >= 4 is 0 Å². The van der Waals surface area contributed by atoms with Gasteiger partial charge in [-0.25, -0.2) is 0 Å². The van der Waals surface area contributed by atoms with E-state index < -0.39 is 0 Å². The van der Waals surface area contributed by atoms with Crippen LogP contribution in [-0.4, -0.2) is 12.1 Å². The van der Waals surface area contributed by atoms with Crippen LogP contribution in [0.2, 0.25) is 0 Å². The van der Waals surface area contributed by atoms with Crippen LogP contribution < -0.4 is 10.5 Å². The van der Waals surface area contributed by atoms with Gasteiger partial charge in [0.05, 0.1) is 13.3 Å². The van der Waals surface area contributed by atoms with Crippen molar-refractivity contribution in [1.82, 2.24) is 4.98 Å². The van der Waals surface area contributed by atoms with E-state index in [1.54, 1.807) is 13.3 Å². The Labute approximate surface area is 110 Å². The summed E-state index contributed by atoms with van der Waals surface area (Å²) in [7, 11) is 1.66. The molecule has 1 aliphatic rings. The Morgan fingerprint density at radius 3 is 2.67 bits per heavy atom. The summed E-state index contributed by atoms with van der Waals surface area (Å²) in [5, 5.41) is 0. The molecule has 0 aromatic carbocycles. The topological polar surface area (TPSA) is 48.1 Å². The minimum Gasteiger partial charge on any atom is -0.495 e. The van der Waals surface area contributed by atoms with Crippen molar-refractivity contribution in [3.05, 3.63) is 24.0 Å². The van der Waals surface area contributed by atoms with Gasteiger partial charge in [0.15, 0.2) is 0 Å². The lowest BCUT2D eigenvalue weighted by atomic mass is 9.63. The highest BCUT2D eigenvalue weighted by atomic mass is 16.5. The Kier molecular flexibility index (Phi) is 3.37. The number of hydrogen-bond acceptors (Lipinski definition) is 3. The number of pyridine rings is 1. The average molecular weight is 248 g/mol. The minimum atomic E-state index is -0.275. The molecule has 1 aromatic heterocycles. The van der Waals surface area contributed by atoms with Gasteiger partial charge in [-0.15, -0.1) is 0 Å². The second-order valence-electron chi connectivity index (χ2n) is 6.62. The van der Waals surface area contributed by atoms with E-state index in [4.69, 9.17) is 10.5 Å². The van der Waals surface area contributed by atoms with Crippen LogP contribution >= 0.6 is 0 Å². The molecule has 0 bridgehead atoms. The number of rotatable bonds is 2. The molecule has 2 rings (SSSR count). The molecule has 0 aliphatic heterocycles. The van der Waals surface area contributed by atoms with Crippen LogP contribution in [0.5, 0.6) is 5.75 Å². The Hall–Kier alpha value is -1.09. The number of nitrogens with zero attached hydrogens (tertiary/aromatic N) is 1. The second kappa shape index (κ2) is 4.54. The molecular weight excluding hydrogens is 224 g/mol. The third kappa shape index (κ3) is 2.66. The largest absolute Gasteiger partial charge is 0.495 e. The van der Waals surface area contributed by atoms with Gasteiger partial charge in [0.2, 0.25) is 0 Å². The minimum absolute atomic E-state index is 0.275. The van der Waals surface area contributed by atoms with E-state index in [2.05, 4.69) is 25.8 Å². The molecule has 1 fully saturated rings. The Bertz CT molecular complexity index is 430. The molecular formula is C15H24N2O. The van der Waals surface area contributed by atoms with Crippen LogP contribution in [0, 0.1) is 11.3 Å². The summed E-state index contributed by atoms with van der Waals surface area (Å²) in [5.74, 6) is 1.43. The number of methoxy groups -OCH3 is 1. The molecule has 0 radical (unpaired) electrons. The molecule has 0 amide bonds. The fourth-order valence-electron chi connectivity index (χ4n) is 3.66.